The minimum absolute atomic E-state index is 0.0483. The maximum Gasteiger partial charge on any atom is 0.257 e. The summed E-state index contributed by atoms with van der Waals surface area (Å²) in [5.41, 5.74) is 3.83. The van der Waals surface area contributed by atoms with Crippen LogP contribution in [0, 0.1) is 5.82 Å². The SMILES string of the molecule is CCc1c(C(=O)N2CCCN(c3ccc(F)cc3)CC2)cnn1Cc1ccccc1. The number of carbonyl (C=O) groups is 1. The summed E-state index contributed by atoms with van der Waals surface area (Å²) in [6, 6.07) is 16.7. The predicted molar refractivity (Wildman–Crippen MR) is 116 cm³/mol. The molecule has 156 valence electrons. The van der Waals surface area contributed by atoms with E-state index >= 15 is 0 Å². The molecule has 0 N–H and O–H groups in total. The average Bonchev–Trinajstić information content (AvgIpc) is 3.01. The van der Waals surface area contributed by atoms with Crippen molar-refractivity contribution < 1.29 is 9.18 Å². The molecule has 1 aromatic heterocycles. The van der Waals surface area contributed by atoms with Gasteiger partial charge in [-0.25, -0.2) is 4.39 Å². The third kappa shape index (κ3) is 4.37. The van der Waals surface area contributed by atoms with Crippen molar-refractivity contribution in [1.82, 2.24) is 14.7 Å². The number of nitrogens with zero attached hydrogens (tertiary/aromatic N) is 4. The van der Waals surface area contributed by atoms with Gasteiger partial charge in [-0.2, -0.15) is 5.10 Å². The number of aromatic nitrogens is 2. The van der Waals surface area contributed by atoms with Gasteiger partial charge in [-0.05, 0) is 42.7 Å². The number of hydrogen-bond acceptors (Lipinski definition) is 3. The summed E-state index contributed by atoms with van der Waals surface area (Å²) in [6.07, 6.45) is 3.35. The van der Waals surface area contributed by atoms with Crippen LogP contribution in [0.25, 0.3) is 0 Å². The van der Waals surface area contributed by atoms with Crippen LogP contribution in [0.2, 0.25) is 0 Å². The van der Waals surface area contributed by atoms with E-state index in [2.05, 4.69) is 29.1 Å². The first-order valence-electron chi connectivity index (χ1n) is 10.5. The van der Waals surface area contributed by atoms with E-state index in [0.29, 0.717) is 25.2 Å². The van der Waals surface area contributed by atoms with Gasteiger partial charge in [0.25, 0.3) is 5.91 Å². The number of halogens is 1. The van der Waals surface area contributed by atoms with Crippen molar-refractivity contribution in [3.8, 4) is 0 Å². The van der Waals surface area contributed by atoms with E-state index in [1.165, 1.54) is 17.7 Å². The largest absolute Gasteiger partial charge is 0.370 e. The molecule has 1 fully saturated rings. The second-order valence-corrected chi connectivity index (χ2v) is 7.61. The maximum atomic E-state index is 13.3. The lowest BCUT2D eigenvalue weighted by molar-refractivity contribution is 0.0765. The summed E-state index contributed by atoms with van der Waals surface area (Å²) in [4.78, 5) is 17.4. The van der Waals surface area contributed by atoms with Gasteiger partial charge in [0.2, 0.25) is 0 Å². The van der Waals surface area contributed by atoms with Crippen molar-refractivity contribution in [3.63, 3.8) is 0 Å². The average molecular weight is 407 g/mol. The quantitative estimate of drug-likeness (QED) is 0.644. The first-order valence-corrected chi connectivity index (χ1v) is 10.5. The van der Waals surface area contributed by atoms with Gasteiger partial charge >= 0.3 is 0 Å². The Balaban J connectivity index is 1.47. The lowest BCUT2D eigenvalue weighted by Gasteiger charge is -2.23. The molecule has 30 heavy (non-hydrogen) atoms. The Bertz CT molecular complexity index is 984. The minimum Gasteiger partial charge on any atom is -0.370 e. The van der Waals surface area contributed by atoms with E-state index in [1.807, 2.05) is 27.8 Å². The van der Waals surface area contributed by atoms with Crippen LogP contribution in [0.1, 0.15) is 35.0 Å². The zero-order valence-electron chi connectivity index (χ0n) is 17.3. The van der Waals surface area contributed by atoms with Crippen LogP contribution < -0.4 is 4.90 Å². The molecule has 1 aliphatic heterocycles. The number of hydrogen-bond donors (Lipinski definition) is 0. The number of anilines is 1. The van der Waals surface area contributed by atoms with Crippen LogP contribution in [0.5, 0.6) is 0 Å². The monoisotopic (exact) mass is 406 g/mol. The Morgan fingerprint density at radius 2 is 1.77 bits per heavy atom. The number of amides is 1. The predicted octanol–water partition coefficient (Wildman–Crippen LogP) is 3.99. The van der Waals surface area contributed by atoms with Crippen molar-refractivity contribution >= 4 is 11.6 Å². The van der Waals surface area contributed by atoms with E-state index < -0.39 is 0 Å². The van der Waals surface area contributed by atoms with Crippen molar-refractivity contribution in [2.24, 2.45) is 0 Å². The van der Waals surface area contributed by atoms with Gasteiger partial charge < -0.3 is 9.80 Å². The van der Waals surface area contributed by atoms with E-state index in [1.54, 1.807) is 18.3 Å². The highest BCUT2D eigenvalue weighted by atomic mass is 19.1. The lowest BCUT2D eigenvalue weighted by Crippen LogP contribution is -2.35. The molecule has 0 atom stereocenters. The lowest BCUT2D eigenvalue weighted by atomic mass is 10.1. The molecule has 1 amide bonds. The summed E-state index contributed by atoms with van der Waals surface area (Å²) in [6.45, 7) is 5.66. The Hall–Kier alpha value is -3.15. The first kappa shape index (κ1) is 20.1. The van der Waals surface area contributed by atoms with Gasteiger partial charge in [-0.3, -0.25) is 9.48 Å². The van der Waals surface area contributed by atoms with Crippen molar-refractivity contribution in [2.75, 3.05) is 31.1 Å². The van der Waals surface area contributed by atoms with Gasteiger partial charge in [-0.15, -0.1) is 0 Å². The van der Waals surface area contributed by atoms with Gasteiger partial charge in [0, 0.05) is 31.9 Å². The highest BCUT2D eigenvalue weighted by Gasteiger charge is 2.24. The van der Waals surface area contributed by atoms with E-state index in [0.717, 1.165) is 37.3 Å². The molecule has 1 aliphatic rings. The summed E-state index contributed by atoms with van der Waals surface area (Å²) >= 11 is 0. The van der Waals surface area contributed by atoms with Crippen LogP contribution in [0.3, 0.4) is 0 Å². The first-order chi connectivity index (χ1) is 14.7. The van der Waals surface area contributed by atoms with Crippen molar-refractivity contribution in [3.05, 3.63) is 83.4 Å². The Morgan fingerprint density at radius 1 is 1.00 bits per heavy atom. The molecule has 0 bridgehead atoms. The molecule has 2 aromatic carbocycles. The maximum absolute atomic E-state index is 13.3. The molecular formula is C24H27FN4O. The molecule has 0 spiro atoms. The zero-order valence-corrected chi connectivity index (χ0v) is 17.3. The number of rotatable bonds is 5. The molecule has 2 heterocycles. The summed E-state index contributed by atoms with van der Waals surface area (Å²) in [5, 5.41) is 4.52. The third-order valence-corrected chi connectivity index (χ3v) is 5.66. The fourth-order valence-corrected chi connectivity index (χ4v) is 4.06. The molecular weight excluding hydrogens is 379 g/mol. The van der Waals surface area contributed by atoms with Crippen LogP contribution >= 0.6 is 0 Å². The van der Waals surface area contributed by atoms with Crippen LogP contribution in [-0.2, 0) is 13.0 Å². The van der Waals surface area contributed by atoms with Gasteiger partial charge in [0.1, 0.15) is 5.82 Å². The standard InChI is InChI=1S/C24H27FN4O/c1-2-23-22(17-26-29(23)18-19-7-4-3-5-8-19)24(30)28-14-6-13-27(15-16-28)21-11-9-20(25)10-12-21/h3-5,7-12,17H,2,6,13-16,18H2,1H3. The molecule has 0 radical (unpaired) electrons. The molecule has 3 aromatic rings. The van der Waals surface area contributed by atoms with Crippen molar-refractivity contribution in [1.29, 1.82) is 0 Å². The fraction of sp³-hybridized carbons (Fsp3) is 0.333. The Morgan fingerprint density at radius 3 is 2.50 bits per heavy atom. The Labute approximate surface area is 176 Å². The second-order valence-electron chi connectivity index (χ2n) is 7.61. The van der Waals surface area contributed by atoms with Crippen molar-refractivity contribution in [2.45, 2.75) is 26.3 Å². The highest BCUT2D eigenvalue weighted by molar-refractivity contribution is 5.95. The van der Waals surface area contributed by atoms with Gasteiger partial charge in [-0.1, -0.05) is 37.3 Å². The molecule has 0 saturated carbocycles. The van der Waals surface area contributed by atoms with Gasteiger partial charge in [0.15, 0.2) is 0 Å². The molecule has 4 rings (SSSR count). The normalized spacial score (nSPS) is 14.6. The Kier molecular flexibility index (Phi) is 6.12. The van der Waals surface area contributed by atoms with E-state index in [4.69, 9.17) is 0 Å². The smallest absolute Gasteiger partial charge is 0.257 e. The summed E-state index contributed by atoms with van der Waals surface area (Å²) in [5.74, 6) is -0.183. The minimum atomic E-state index is -0.231. The van der Waals surface area contributed by atoms with Gasteiger partial charge in [0.05, 0.1) is 24.0 Å². The van der Waals surface area contributed by atoms with E-state index in [-0.39, 0.29) is 11.7 Å². The molecule has 5 nitrogen and oxygen atoms in total. The molecule has 6 heteroatoms. The summed E-state index contributed by atoms with van der Waals surface area (Å²) in [7, 11) is 0. The van der Waals surface area contributed by atoms with Crippen LogP contribution in [0.15, 0.2) is 60.8 Å². The second kappa shape index (κ2) is 9.11. The topological polar surface area (TPSA) is 41.4 Å². The molecule has 0 unspecified atom stereocenters. The van der Waals surface area contributed by atoms with E-state index in [9.17, 15) is 9.18 Å². The highest BCUT2D eigenvalue weighted by Crippen LogP contribution is 2.19. The number of benzene rings is 2. The van der Waals surface area contributed by atoms with Crippen LogP contribution in [-0.4, -0.2) is 46.8 Å². The third-order valence-electron chi connectivity index (χ3n) is 5.66. The summed E-state index contributed by atoms with van der Waals surface area (Å²) < 4.78 is 15.2. The molecule has 1 saturated heterocycles. The molecule has 0 aliphatic carbocycles. The fourth-order valence-electron chi connectivity index (χ4n) is 4.06. The van der Waals surface area contributed by atoms with Crippen LogP contribution in [0.4, 0.5) is 10.1 Å². The zero-order chi connectivity index (χ0) is 20.9. The number of carbonyl (C=O) groups excluding carboxylic acids is 1.